The SMILES string of the molecule is O=C(O)CC1CCCN1C(=O)Nc1ccccc1Cl. The minimum Gasteiger partial charge on any atom is -0.481 e. The molecule has 1 unspecified atom stereocenters. The lowest BCUT2D eigenvalue weighted by molar-refractivity contribution is -0.137. The quantitative estimate of drug-likeness (QED) is 0.895. The Labute approximate surface area is 116 Å². The lowest BCUT2D eigenvalue weighted by atomic mass is 10.1. The summed E-state index contributed by atoms with van der Waals surface area (Å²) in [6, 6.07) is 6.43. The van der Waals surface area contributed by atoms with Crippen molar-refractivity contribution in [2.75, 3.05) is 11.9 Å². The first-order valence-electron chi connectivity index (χ1n) is 6.12. The number of nitrogens with zero attached hydrogens (tertiary/aromatic N) is 1. The molecule has 1 atom stereocenters. The van der Waals surface area contributed by atoms with Gasteiger partial charge in [0.05, 0.1) is 17.1 Å². The summed E-state index contributed by atoms with van der Waals surface area (Å²) in [5.74, 6) is -0.887. The van der Waals surface area contributed by atoms with E-state index in [-0.39, 0.29) is 18.5 Å². The maximum Gasteiger partial charge on any atom is 0.322 e. The number of carbonyl (C=O) groups excluding carboxylic acids is 1. The van der Waals surface area contributed by atoms with Crippen LogP contribution in [0.5, 0.6) is 0 Å². The molecule has 5 nitrogen and oxygen atoms in total. The number of anilines is 1. The molecule has 2 rings (SSSR count). The highest BCUT2D eigenvalue weighted by Gasteiger charge is 2.30. The van der Waals surface area contributed by atoms with Gasteiger partial charge in [0.2, 0.25) is 0 Å². The molecular weight excluding hydrogens is 268 g/mol. The summed E-state index contributed by atoms with van der Waals surface area (Å²) < 4.78 is 0. The zero-order valence-electron chi connectivity index (χ0n) is 10.3. The number of carboxylic acid groups (broad SMARTS) is 1. The molecule has 1 aromatic rings. The van der Waals surface area contributed by atoms with Gasteiger partial charge in [0.15, 0.2) is 0 Å². The number of benzene rings is 1. The molecule has 2 amide bonds. The van der Waals surface area contributed by atoms with Gasteiger partial charge in [0, 0.05) is 12.6 Å². The van der Waals surface area contributed by atoms with Crippen molar-refractivity contribution >= 4 is 29.3 Å². The fourth-order valence-corrected chi connectivity index (χ4v) is 2.45. The zero-order chi connectivity index (χ0) is 13.8. The summed E-state index contributed by atoms with van der Waals surface area (Å²) in [5, 5.41) is 12.0. The largest absolute Gasteiger partial charge is 0.481 e. The third-order valence-electron chi connectivity index (χ3n) is 3.16. The van der Waals surface area contributed by atoms with Crippen LogP contribution in [0.2, 0.25) is 5.02 Å². The van der Waals surface area contributed by atoms with Gasteiger partial charge < -0.3 is 15.3 Å². The number of carbonyl (C=O) groups is 2. The van der Waals surface area contributed by atoms with Crippen molar-refractivity contribution < 1.29 is 14.7 Å². The number of aliphatic carboxylic acids is 1. The van der Waals surface area contributed by atoms with Crippen LogP contribution in [-0.2, 0) is 4.79 Å². The zero-order valence-corrected chi connectivity index (χ0v) is 11.1. The Morgan fingerprint density at radius 3 is 2.84 bits per heavy atom. The average Bonchev–Trinajstić information content (AvgIpc) is 2.79. The predicted octanol–water partition coefficient (Wildman–Crippen LogP) is 2.81. The van der Waals surface area contributed by atoms with E-state index in [1.807, 2.05) is 0 Å². The number of halogens is 1. The highest BCUT2D eigenvalue weighted by Crippen LogP contribution is 2.24. The molecule has 0 aromatic heterocycles. The van der Waals surface area contributed by atoms with Crippen molar-refractivity contribution in [1.82, 2.24) is 4.90 Å². The van der Waals surface area contributed by atoms with Gasteiger partial charge in [-0.15, -0.1) is 0 Å². The molecule has 1 saturated heterocycles. The van der Waals surface area contributed by atoms with Crippen molar-refractivity contribution in [3.63, 3.8) is 0 Å². The molecule has 0 spiro atoms. The first-order chi connectivity index (χ1) is 9.08. The van der Waals surface area contributed by atoms with E-state index in [0.717, 1.165) is 12.8 Å². The monoisotopic (exact) mass is 282 g/mol. The van der Waals surface area contributed by atoms with E-state index in [1.54, 1.807) is 29.2 Å². The van der Waals surface area contributed by atoms with Gasteiger partial charge in [0.25, 0.3) is 0 Å². The van der Waals surface area contributed by atoms with Crippen LogP contribution in [0.1, 0.15) is 19.3 Å². The molecule has 6 heteroatoms. The number of carboxylic acids is 1. The predicted molar refractivity (Wildman–Crippen MR) is 72.5 cm³/mol. The summed E-state index contributed by atoms with van der Waals surface area (Å²) in [4.78, 5) is 24.4. The fraction of sp³-hybridized carbons (Fsp3) is 0.385. The minimum absolute atomic E-state index is 0.0179. The van der Waals surface area contributed by atoms with Gasteiger partial charge in [-0.2, -0.15) is 0 Å². The topological polar surface area (TPSA) is 69.6 Å². The van der Waals surface area contributed by atoms with Crippen LogP contribution >= 0.6 is 11.6 Å². The smallest absolute Gasteiger partial charge is 0.322 e. The lowest BCUT2D eigenvalue weighted by Crippen LogP contribution is -2.39. The van der Waals surface area contributed by atoms with Gasteiger partial charge in [-0.25, -0.2) is 4.79 Å². The Morgan fingerprint density at radius 2 is 2.16 bits per heavy atom. The number of nitrogens with one attached hydrogen (secondary N) is 1. The molecule has 1 aliphatic rings. The second kappa shape index (κ2) is 5.93. The molecule has 102 valence electrons. The molecule has 0 radical (unpaired) electrons. The first kappa shape index (κ1) is 13.7. The van der Waals surface area contributed by atoms with Crippen LogP contribution in [0.4, 0.5) is 10.5 Å². The van der Waals surface area contributed by atoms with Crippen molar-refractivity contribution in [3.05, 3.63) is 29.3 Å². The van der Waals surface area contributed by atoms with Crippen LogP contribution < -0.4 is 5.32 Å². The van der Waals surface area contributed by atoms with Gasteiger partial charge in [0.1, 0.15) is 0 Å². The molecular formula is C13H15ClN2O3. The molecule has 0 bridgehead atoms. The number of likely N-dealkylation sites (tertiary alicyclic amines) is 1. The third kappa shape index (κ3) is 3.38. The van der Waals surface area contributed by atoms with Crippen LogP contribution in [0.15, 0.2) is 24.3 Å². The maximum atomic E-state index is 12.1. The molecule has 0 saturated carbocycles. The first-order valence-corrected chi connectivity index (χ1v) is 6.49. The minimum atomic E-state index is -0.887. The number of amides is 2. The molecule has 0 aliphatic carbocycles. The Hall–Kier alpha value is -1.75. The summed E-state index contributed by atoms with van der Waals surface area (Å²) in [6.45, 7) is 0.578. The number of para-hydroxylation sites is 1. The Kier molecular flexibility index (Phi) is 4.27. The molecule has 1 aliphatic heterocycles. The van der Waals surface area contributed by atoms with E-state index in [4.69, 9.17) is 16.7 Å². The average molecular weight is 283 g/mol. The van der Waals surface area contributed by atoms with Gasteiger partial charge in [-0.1, -0.05) is 23.7 Å². The Balaban J connectivity index is 2.03. The van der Waals surface area contributed by atoms with Crippen LogP contribution in [0.25, 0.3) is 0 Å². The second-order valence-electron chi connectivity index (χ2n) is 4.50. The van der Waals surface area contributed by atoms with E-state index in [2.05, 4.69) is 5.32 Å². The summed E-state index contributed by atoms with van der Waals surface area (Å²) >= 11 is 5.97. The van der Waals surface area contributed by atoms with E-state index in [9.17, 15) is 9.59 Å². The normalized spacial score (nSPS) is 18.4. The van der Waals surface area contributed by atoms with Gasteiger partial charge in [-0.3, -0.25) is 4.79 Å². The number of hydrogen-bond acceptors (Lipinski definition) is 2. The molecule has 1 aromatic carbocycles. The highest BCUT2D eigenvalue weighted by atomic mass is 35.5. The highest BCUT2D eigenvalue weighted by molar-refractivity contribution is 6.33. The van der Waals surface area contributed by atoms with Crippen LogP contribution in [0, 0.1) is 0 Å². The van der Waals surface area contributed by atoms with Crippen LogP contribution in [0.3, 0.4) is 0 Å². The standard InChI is InChI=1S/C13H15ClN2O3/c14-10-5-1-2-6-11(10)15-13(19)16-7-3-4-9(16)8-12(17)18/h1-2,5-6,9H,3-4,7-8H2,(H,15,19)(H,17,18). The maximum absolute atomic E-state index is 12.1. The summed E-state index contributed by atoms with van der Waals surface area (Å²) in [7, 11) is 0. The van der Waals surface area contributed by atoms with Crippen molar-refractivity contribution in [3.8, 4) is 0 Å². The summed E-state index contributed by atoms with van der Waals surface area (Å²) in [6.07, 6.45) is 1.53. The van der Waals surface area contributed by atoms with E-state index in [1.165, 1.54) is 0 Å². The van der Waals surface area contributed by atoms with Gasteiger partial charge >= 0.3 is 12.0 Å². The number of urea groups is 1. The number of rotatable bonds is 3. The fourth-order valence-electron chi connectivity index (χ4n) is 2.27. The second-order valence-corrected chi connectivity index (χ2v) is 4.90. The Bertz CT molecular complexity index is 493. The lowest BCUT2D eigenvalue weighted by Gasteiger charge is -2.24. The molecule has 2 N–H and O–H groups in total. The molecule has 1 heterocycles. The van der Waals surface area contributed by atoms with Crippen molar-refractivity contribution in [2.24, 2.45) is 0 Å². The van der Waals surface area contributed by atoms with E-state index in [0.29, 0.717) is 17.3 Å². The molecule has 19 heavy (non-hydrogen) atoms. The van der Waals surface area contributed by atoms with Crippen LogP contribution in [-0.4, -0.2) is 34.6 Å². The van der Waals surface area contributed by atoms with Crippen molar-refractivity contribution in [1.29, 1.82) is 0 Å². The van der Waals surface area contributed by atoms with E-state index < -0.39 is 5.97 Å². The van der Waals surface area contributed by atoms with Gasteiger partial charge in [-0.05, 0) is 25.0 Å². The van der Waals surface area contributed by atoms with E-state index >= 15 is 0 Å². The van der Waals surface area contributed by atoms with Crippen molar-refractivity contribution in [2.45, 2.75) is 25.3 Å². The Morgan fingerprint density at radius 1 is 1.42 bits per heavy atom. The third-order valence-corrected chi connectivity index (χ3v) is 3.49. The number of hydrogen-bond donors (Lipinski definition) is 2. The summed E-state index contributed by atoms with van der Waals surface area (Å²) in [5.41, 5.74) is 0.537. The molecule has 1 fully saturated rings.